The van der Waals surface area contributed by atoms with Gasteiger partial charge in [0.1, 0.15) is 16.9 Å². The zero-order valence-electron chi connectivity index (χ0n) is 15.3. The minimum atomic E-state index is -0.150. The summed E-state index contributed by atoms with van der Waals surface area (Å²) in [7, 11) is 0. The van der Waals surface area contributed by atoms with Gasteiger partial charge in [0.2, 0.25) is 0 Å². The Balaban J connectivity index is 1.87. The summed E-state index contributed by atoms with van der Waals surface area (Å²) < 4.78 is 6.17. The Hall–Kier alpha value is -2.52. The van der Waals surface area contributed by atoms with Crippen molar-refractivity contribution >= 4 is 22.5 Å². The molecule has 3 aromatic rings. The van der Waals surface area contributed by atoms with Crippen LogP contribution in [0.1, 0.15) is 18.1 Å². The lowest BCUT2D eigenvalue weighted by molar-refractivity contribution is 0.290. The topological polar surface area (TPSA) is 21.6 Å². The highest BCUT2D eigenvalue weighted by molar-refractivity contribution is 8.14. The molecule has 0 bridgehead atoms. The van der Waals surface area contributed by atoms with Crippen molar-refractivity contribution in [2.45, 2.75) is 31.8 Å². The van der Waals surface area contributed by atoms with Crippen LogP contribution in [-0.2, 0) is 0 Å². The fraction of sp³-hybridized carbons (Fsp3) is 0.174. The molecule has 0 heterocycles. The maximum absolute atomic E-state index is 6.17. The smallest absolute Gasteiger partial charge is 0.144 e. The number of benzene rings is 3. The second-order valence-electron chi connectivity index (χ2n) is 6.28. The quantitative estimate of drug-likeness (QED) is 0.290. The van der Waals surface area contributed by atoms with Crippen molar-refractivity contribution in [3.05, 3.63) is 90.0 Å². The Labute approximate surface area is 160 Å². The number of nitrogens with zero attached hydrogens (tertiary/aromatic N) is 1. The second kappa shape index (κ2) is 8.72. The van der Waals surface area contributed by atoms with Gasteiger partial charge in [0, 0.05) is 4.90 Å². The standard InChI is InChI=1S/C23H23NOS/c1-17-12-14-20(15-13-17)24-23(26-22-10-5-4-6-11-22)19(3)25-21-9-7-8-18(2)16-21/h4-16,19H,1-3H3. The molecule has 1 atom stereocenters. The fourth-order valence-electron chi connectivity index (χ4n) is 2.50. The van der Waals surface area contributed by atoms with Crippen molar-refractivity contribution in [3.63, 3.8) is 0 Å². The van der Waals surface area contributed by atoms with Crippen LogP contribution >= 0.6 is 11.8 Å². The Morgan fingerprint density at radius 1 is 0.846 bits per heavy atom. The molecule has 26 heavy (non-hydrogen) atoms. The van der Waals surface area contributed by atoms with Crippen LogP contribution in [-0.4, -0.2) is 11.1 Å². The molecule has 0 radical (unpaired) electrons. The molecule has 0 fully saturated rings. The maximum atomic E-state index is 6.17. The molecular weight excluding hydrogens is 338 g/mol. The molecule has 0 N–H and O–H groups in total. The van der Waals surface area contributed by atoms with Crippen LogP contribution in [0.4, 0.5) is 5.69 Å². The summed E-state index contributed by atoms with van der Waals surface area (Å²) in [5.74, 6) is 0.864. The van der Waals surface area contributed by atoms with Crippen molar-refractivity contribution in [2.24, 2.45) is 4.99 Å². The molecule has 0 saturated carbocycles. The van der Waals surface area contributed by atoms with Crippen LogP contribution in [0.3, 0.4) is 0 Å². The zero-order chi connectivity index (χ0) is 18.4. The summed E-state index contributed by atoms with van der Waals surface area (Å²) in [6, 6.07) is 26.6. The second-order valence-corrected chi connectivity index (χ2v) is 7.37. The van der Waals surface area contributed by atoms with Gasteiger partial charge in [-0.2, -0.15) is 0 Å². The third kappa shape index (κ3) is 5.24. The van der Waals surface area contributed by atoms with Gasteiger partial charge in [-0.25, -0.2) is 4.99 Å². The minimum Gasteiger partial charge on any atom is -0.484 e. The van der Waals surface area contributed by atoms with Crippen molar-refractivity contribution in [1.29, 1.82) is 0 Å². The van der Waals surface area contributed by atoms with Gasteiger partial charge >= 0.3 is 0 Å². The predicted molar refractivity (Wildman–Crippen MR) is 112 cm³/mol. The molecule has 3 heteroatoms. The van der Waals surface area contributed by atoms with Gasteiger partial charge in [0.05, 0.1) is 5.69 Å². The molecule has 3 rings (SSSR count). The first-order chi connectivity index (χ1) is 12.6. The lowest BCUT2D eigenvalue weighted by Gasteiger charge is -2.17. The molecule has 2 nitrogen and oxygen atoms in total. The van der Waals surface area contributed by atoms with Crippen LogP contribution in [0.2, 0.25) is 0 Å². The molecule has 1 unspecified atom stereocenters. The van der Waals surface area contributed by atoms with E-state index in [0.29, 0.717) is 0 Å². The lowest BCUT2D eigenvalue weighted by Crippen LogP contribution is -2.21. The summed E-state index contributed by atoms with van der Waals surface area (Å²) >= 11 is 1.64. The van der Waals surface area contributed by atoms with E-state index in [2.05, 4.69) is 44.2 Å². The van der Waals surface area contributed by atoms with Crippen LogP contribution in [0.15, 0.2) is 88.8 Å². The highest BCUT2D eigenvalue weighted by atomic mass is 32.2. The first kappa shape index (κ1) is 18.3. The highest BCUT2D eigenvalue weighted by Crippen LogP contribution is 2.26. The summed E-state index contributed by atoms with van der Waals surface area (Å²) in [5.41, 5.74) is 3.35. The molecule has 0 aliphatic carbocycles. The number of hydrogen-bond acceptors (Lipinski definition) is 3. The molecule has 0 aliphatic rings. The summed E-state index contributed by atoms with van der Waals surface area (Å²) in [5, 5.41) is 0.932. The monoisotopic (exact) mass is 361 g/mol. The first-order valence-corrected chi connectivity index (χ1v) is 9.53. The van der Waals surface area contributed by atoms with Gasteiger partial charge in [-0.15, -0.1) is 0 Å². The Kier molecular flexibility index (Phi) is 6.13. The Bertz CT molecular complexity index is 872. The van der Waals surface area contributed by atoms with Crippen molar-refractivity contribution in [3.8, 4) is 5.75 Å². The summed E-state index contributed by atoms with van der Waals surface area (Å²) in [6.45, 7) is 6.19. The number of aliphatic imine (C=N–C) groups is 1. The molecule has 0 spiro atoms. The van der Waals surface area contributed by atoms with E-state index in [-0.39, 0.29) is 6.10 Å². The van der Waals surface area contributed by atoms with E-state index in [0.717, 1.165) is 21.4 Å². The van der Waals surface area contributed by atoms with Crippen LogP contribution in [0.5, 0.6) is 5.75 Å². The lowest BCUT2D eigenvalue weighted by atomic mass is 10.2. The Morgan fingerprint density at radius 3 is 2.27 bits per heavy atom. The van der Waals surface area contributed by atoms with E-state index >= 15 is 0 Å². The van der Waals surface area contributed by atoms with Crippen molar-refractivity contribution in [1.82, 2.24) is 0 Å². The van der Waals surface area contributed by atoms with Gasteiger partial charge in [-0.05, 0) is 62.7 Å². The largest absolute Gasteiger partial charge is 0.484 e. The van der Waals surface area contributed by atoms with Crippen LogP contribution < -0.4 is 4.74 Å². The molecule has 0 aliphatic heterocycles. The molecule has 0 amide bonds. The maximum Gasteiger partial charge on any atom is 0.144 e. The van der Waals surface area contributed by atoms with Crippen molar-refractivity contribution < 1.29 is 4.74 Å². The molecule has 0 saturated heterocycles. The highest BCUT2D eigenvalue weighted by Gasteiger charge is 2.15. The van der Waals surface area contributed by atoms with Gasteiger partial charge < -0.3 is 4.74 Å². The third-order valence-corrected chi connectivity index (χ3v) is 5.03. The molecule has 132 valence electrons. The van der Waals surface area contributed by atoms with E-state index in [9.17, 15) is 0 Å². The van der Waals surface area contributed by atoms with E-state index in [1.54, 1.807) is 11.8 Å². The van der Waals surface area contributed by atoms with Crippen LogP contribution in [0.25, 0.3) is 0 Å². The molecule has 0 aromatic heterocycles. The van der Waals surface area contributed by atoms with Gasteiger partial charge in [-0.3, -0.25) is 0 Å². The van der Waals surface area contributed by atoms with Gasteiger partial charge in [0.25, 0.3) is 0 Å². The van der Waals surface area contributed by atoms with Gasteiger partial charge in [-0.1, -0.05) is 59.8 Å². The SMILES string of the molecule is Cc1ccc(N=C(Sc2ccccc2)C(C)Oc2cccc(C)c2)cc1. The average molecular weight is 362 g/mol. The first-order valence-electron chi connectivity index (χ1n) is 8.71. The molecule has 3 aromatic carbocycles. The number of thioether (sulfide) groups is 1. The number of ether oxygens (including phenoxy) is 1. The van der Waals surface area contributed by atoms with E-state index in [1.807, 2.05) is 55.5 Å². The van der Waals surface area contributed by atoms with Gasteiger partial charge in [0.15, 0.2) is 0 Å². The molecular formula is C23H23NOS. The summed E-state index contributed by atoms with van der Waals surface area (Å²) in [4.78, 5) is 6.02. The number of rotatable bonds is 5. The normalized spacial score (nSPS) is 12.7. The van der Waals surface area contributed by atoms with E-state index in [1.165, 1.54) is 11.1 Å². The average Bonchev–Trinajstić information content (AvgIpc) is 2.64. The third-order valence-electron chi connectivity index (χ3n) is 3.89. The minimum absolute atomic E-state index is 0.150. The predicted octanol–water partition coefficient (Wildman–Crippen LogP) is 6.59. The number of hydrogen-bond donors (Lipinski definition) is 0. The van der Waals surface area contributed by atoms with E-state index in [4.69, 9.17) is 9.73 Å². The van der Waals surface area contributed by atoms with Crippen LogP contribution in [0, 0.1) is 13.8 Å². The fourth-order valence-corrected chi connectivity index (χ4v) is 3.40. The number of aryl methyl sites for hydroxylation is 2. The summed E-state index contributed by atoms with van der Waals surface area (Å²) in [6.07, 6.45) is -0.150. The zero-order valence-corrected chi connectivity index (χ0v) is 16.2. The Morgan fingerprint density at radius 2 is 1.58 bits per heavy atom. The van der Waals surface area contributed by atoms with E-state index < -0.39 is 0 Å². The van der Waals surface area contributed by atoms with Crippen molar-refractivity contribution in [2.75, 3.05) is 0 Å².